The van der Waals surface area contributed by atoms with Gasteiger partial charge in [0.1, 0.15) is 0 Å². The van der Waals surface area contributed by atoms with Gasteiger partial charge in [-0.1, -0.05) is 20.4 Å². The Morgan fingerprint density at radius 1 is 1.70 bits per heavy atom. The molecule has 2 atom stereocenters. The highest BCUT2D eigenvalue weighted by Crippen LogP contribution is 2.11. The fraction of sp³-hybridized carbons (Fsp3) is 0.750. The third kappa shape index (κ3) is 3.51. The van der Waals surface area contributed by atoms with Crippen LogP contribution >= 0.6 is 0 Å². The van der Waals surface area contributed by atoms with Gasteiger partial charge >= 0.3 is 0 Å². The highest BCUT2D eigenvalue weighted by Gasteiger charge is 2.08. The van der Waals surface area contributed by atoms with Crippen LogP contribution in [-0.2, 0) is 0 Å². The van der Waals surface area contributed by atoms with Gasteiger partial charge in [0.15, 0.2) is 0 Å². The Balaban J connectivity index is 3.56. The average molecular weight is 143 g/mol. The summed E-state index contributed by atoms with van der Waals surface area (Å²) in [4.78, 5) is 0. The van der Waals surface area contributed by atoms with Crippen LogP contribution in [0, 0.1) is 5.92 Å². The van der Waals surface area contributed by atoms with Gasteiger partial charge < -0.3 is 10.8 Å². The molecule has 2 nitrogen and oxygen atoms in total. The van der Waals surface area contributed by atoms with Gasteiger partial charge in [-0.25, -0.2) is 0 Å². The molecule has 0 saturated carbocycles. The minimum atomic E-state index is -0.227. The van der Waals surface area contributed by atoms with Crippen molar-refractivity contribution < 1.29 is 5.11 Å². The normalized spacial score (nSPS) is 16.3. The van der Waals surface area contributed by atoms with Crippen molar-refractivity contribution in [2.24, 2.45) is 11.7 Å². The molecular weight excluding hydrogens is 126 g/mol. The van der Waals surface area contributed by atoms with Crippen LogP contribution in [0.5, 0.6) is 0 Å². The van der Waals surface area contributed by atoms with Gasteiger partial charge in [0.05, 0.1) is 6.10 Å². The summed E-state index contributed by atoms with van der Waals surface area (Å²) in [6, 6.07) is 0. The summed E-state index contributed by atoms with van der Waals surface area (Å²) in [5.41, 5.74) is 6.09. The Hall–Kier alpha value is -0.500. The SMILES string of the molecule is C=C(N)C(C)C[C@@H](O)CC. The van der Waals surface area contributed by atoms with Gasteiger partial charge in [0, 0.05) is 5.70 Å². The van der Waals surface area contributed by atoms with Gasteiger partial charge in [0.25, 0.3) is 0 Å². The largest absolute Gasteiger partial charge is 0.402 e. The van der Waals surface area contributed by atoms with Crippen molar-refractivity contribution in [2.45, 2.75) is 32.8 Å². The predicted octanol–water partition coefficient (Wildman–Crippen LogP) is 1.26. The number of hydrogen-bond donors (Lipinski definition) is 2. The van der Waals surface area contributed by atoms with Crippen LogP contribution in [-0.4, -0.2) is 11.2 Å². The van der Waals surface area contributed by atoms with Crippen LogP contribution in [0.15, 0.2) is 12.3 Å². The van der Waals surface area contributed by atoms with Crippen molar-refractivity contribution in [3.8, 4) is 0 Å². The number of rotatable bonds is 4. The lowest BCUT2D eigenvalue weighted by Crippen LogP contribution is -2.15. The summed E-state index contributed by atoms with van der Waals surface area (Å²) in [7, 11) is 0. The average Bonchev–Trinajstić information content (AvgIpc) is 1.87. The molecule has 0 saturated heterocycles. The summed E-state index contributed by atoms with van der Waals surface area (Å²) in [5, 5.41) is 9.18. The summed E-state index contributed by atoms with van der Waals surface area (Å²) < 4.78 is 0. The van der Waals surface area contributed by atoms with Crippen LogP contribution in [0.2, 0.25) is 0 Å². The second-order valence-electron chi connectivity index (χ2n) is 2.77. The smallest absolute Gasteiger partial charge is 0.0543 e. The lowest BCUT2D eigenvalue weighted by molar-refractivity contribution is 0.147. The van der Waals surface area contributed by atoms with Crippen molar-refractivity contribution in [1.29, 1.82) is 0 Å². The molecule has 0 aliphatic carbocycles. The maximum Gasteiger partial charge on any atom is 0.0543 e. The summed E-state index contributed by atoms with van der Waals surface area (Å²) in [5.74, 6) is 0.231. The maximum absolute atomic E-state index is 9.18. The molecule has 0 spiro atoms. The summed E-state index contributed by atoms with van der Waals surface area (Å²) in [6.07, 6.45) is 1.29. The molecule has 0 aliphatic rings. The zero-order chi connectivity index (χ0) is 8.15. The van der Waals surface area contributed by atoms with E-state index in [0.29, 0.717) is 5.70 Å². The number of nitrogens with two attached hydrogens (primary N) is 1. The molecule has 10 heavy (non-hydrogen) atoms. The number of hydrogen-bond acceptors (Lipinski definition) is 2. The topological polar surface area (TPSA) is 46.2 Å². The Morgan fingerprint density at radius 2 is 2.20 bits per heavy atom. The first-order valence-electron chi connectivity index (χ1n) is 3.70. The van der Waals surface area contributed by atoms with E-state index in [1.165, 1.54) is 0 Å². The van der Waals surface area contributed by atoms with Crippen LogP contribution in [0.25, 0.3) is 0 Å². The van der Waals surface area contributed by atoms with Crippen LogP contribution in [0.1, 0.15) is 26.7 Å². The number of aliphatic hydroxyl groups is 1. The predicted molar refractivity (Wildman–Crippen MR) is 43.4 cm³/mol. The molecule has 0 amide bonds. The molecule has 60 valence electrons. The van der Waals surface area contributed by atoms with E-state index < -0.39 is 0 Å². The van der Waals surface area contributed by atoms with E-state index in [-0.39, 0.29) is 12.0 Å². The standard InChI is InChI=1S/C8H17NO/c1-4-8(10)5-6(2)7(3)9/h6,8,10H,3-5,9H2,1-2H3/t6?,8-/m0/s1. The number of aliphatic hydroxyl groups excluding tert-OH is 1. The molecule has 1 unspecified atom stereocenters. The van der Waals surface area contributed by atoms with Crippen LogP contribution in [0.4, 0.5) is 0 Å². The number of allylic oxidation sites excluding steroid dienone is 1. The minimum absolute atomic E-state index is 0.227. The highest BCUT2D eigenvalue weighted by molar-refractivity contribution is 4.92. The zero-order valence-corrected chi connectivity index (χ0v) is 6.80. The first-order chi connectivity index (χ1) is 4.57. The molecule has 0 aromatic rings. The maximum atomic E-state index is 9.18. The van der Waals surface area contributed by atoms with Crippen LogP contribution < -0.4 is 5.73 Å². The van der Waals surface area contributed by atoms with Crippen molar-refractivity contribution in [1.82, 2.24) is 0 Å². The monoisotopic (exact) mass is 143 g/mol. The zero-order valence-electron chi connectivity index (χ0n) is 6.80. The van der Waals surface area contributed by atoms with E-state index >= 15 is 0 Å². The molecule has 0 rings (SSSR count). The van der Waals surface area contributed by atoms with E-state index in [9.17, 15) is 5.11 Å². The first kappa shape index (κ1) is 9.50. The fourth-order valence-corrected chi connectivity index (χ4v) is 0.726. The lowest BCUT2D eigenvalue weighted by atomic mass is 10.00. The molecule has 0 bridgehead atoms. The van der Waals surface area contributed by atoms with Gasteiger partial charge in [0.2, 0.25) is 0 Å². The molecule has 0 aromatic carbocycles. The third-order valence-corrected chi connectivity index (χ3v) is 1.73. The third-order valence-electron chi connectivity index (χ3n) is 1.73. The molecule has 0 aliphatic heterocycles. The van der Waals surface area contributed by atoms with Crippen molar-refractivity contribution >= 4 is 0 Å². The van der Waals surface area contributed by atoms with Gasteiger partial charge in [-0.3, -0.25) is 0 Å². The Morgan fingerprint density at radius 3 is 2.50 bits per heavy atom. The van der Waals surface area contributed by atoms with E-state index in [0.717, 1.165) is 12.8 Å². The lowest BCUT2D eigenvalue weighted by Gasteiger charge is -2.13. The van der Waals surface area contributed by atoms with E-state index in [1.807, 2.05) is 13.8 Å². The van der Waals surface area contributed by atoms with E-state index in [4.69, 9.17) is 5.73 Å². The first-order valence-corrected chi connectivity index (χ1v) is 3.70. The van der Waals surface area contributed by atoms with Crippen molar-refractivity contribution in [3.63, 3.8) is 0 Å². The fourth-order valence-electron chi connectivity index (χ4n) is 0.726. The van der Waals surface area contributed by atoms with Gasteiger partial charge in [-0.05, 0) is 18.8 Å². The van der Waals surface area contributed by atoms with Crippen molar-refractivity contribution in [2.75, 3.05) is 0 Å². The molecule has 3 N–H and O–H groups in total. The van der Waals surface area contributed by atoms with Crippen LogP contribution in [0.3, 0.4) is 0 Å². The van der Waals surface area contributed by atoms with Gasteiger partial charge in [-0.2, -0.15) is 0 Å². The quantitative estimate of drug-likeness (QED) is 0.622. The second-order valence-corrected chi connectivity index (χ2v) is 2.77. The van der Waals surface area contributed by atoms with E-state index in [2.05, 4.69) is 6.58 Å². The second kappa shape index (κ2) is 4.34. The molecule has 2 heteroatoms. The summed E-state index contributed by atoms with van der Waals surface area (Å²) >= 11 is 0. The summed E-state index contributed by atoms with van der Waals surface area (Å²) in [6.45, 7) is 7.54. The molecule has 0 fully saturated rings. The molecule has 0 aromatic heterocycles. The molecule has 0 heterocycles. The van der Waals surface area contributed by atoms with Gasteiger partial charge in [-0.15, -0.1) is 0 Å². The molecule has 0 radical (unpaired) electrons. The van der Waals surface area contributed by atoms with Crippen molar-refractivity contribution in [3.05, 3.63) is 12.3 Å². The Labute approximate surface area is 62.7 Å². The Bertz CT molecular complexity index is 112. The molecular formula is C8H17NO. The minimum Gasteiger partial charge on any atom is -0.402 e. The Kier molecular flexibility index (Phi) is 4.12. The highest BCUT2D eigenvalue weighted by atomic mass is 16.3. The van der Waals surface area contributed by atoms with E-state index in [1.54, 1.807) is 0 Å².